The van der Waals surface area contributed by atoms with Crippen LogP contribution in [0.25, 0.3) is 0 Å². The minimum absolute atomic E-state index is 0. The van der Waals surface area contributed by atoms with Gasteiger partial charge < -0.3 is 15.7 Å². The van der Waals surface area contributed by atoms with Crippen molar-refractivity contribution in [2.45, 2.75) is 6.10 Å². The van der Waals surface area contributed by atoms with Crippen LogP contribution in [0, 0.1) is 21.8 Å². The van der Waals surface area contributed by atoms with E-state index < -0.39 is 28.4 Å². The molecule has 2 atom stereocenters. The zero-order valence-corrected chi connectivity index (χ0v) is 13.6. The van der Waals surface area contributed by atoms with Crippen molar-refractivity contribution in [3.63, 3.8) is 0 Å². The van der Waals surface area contributed by atoms with Crippen molar-refractivity contribution in [2.75, 3.05) is 19.6 Å². The van der Waals surface area contributed by atoms with Crippen LogP contribution >= 0.6 is 28.3 Å². The highest BCUT2D eigenvalue weighted by Crippen LogP contribution is 2.29. The Hall–Kier alpha value is -1.29. The number of β-amino-alcohol motifs (C(OH)–C–C–N with tert-alkyl or cyclic N) is 1. The molecule has 7 nitrogen and oxygen atoms in total. The summed E-state index contributed by atoms with van der Waals surface area (Å²) in [6, 6.07) is 1.67. The molecule has 0 aliphatic carbocycles. The Morgan fingerprint density at radius 3 is 2.77 bits per heavy atom. The number of hydrogen-bond donors (Lipinski definition) is 3. The Kier molecular flexibility index (Phi) is 6.66. The Bertz CT molecular complexity index is 590. The summed E-state index contributed by atoms with van der Waals surface area (Å²) in [6.07, 6.45) is -0.560. The van der Waals surface area contributed by atoms with Crippen LogP contribution in [-0.2, 0) is 0 Å². The second-order valence-electron chi connectivity index (χ2n) is 4.74. The predicted octanol–water partition coefficient (Wildman–Crippen LogP) is 1.23. The summed E-state index contributed by atoms with van der Waals surface area (Å²) in [4.78, 5) is 22.0. The molecule has 122 valence electrons. The average molecular weight is 399 g/mol. The van der Waals surface area contributed by atoms with Crippen LogP contribution in [0.15, 0.2) is 16.6 Å². The number of nitrogens with one attached hydrogen (secondary N) is 2. The molecule has 1 saturated heterocycles. The zero-order chi connectivity index (χ0) is 15.6. The molecule has 0 saturated carbocycles. The van der Waals surface area contributed by atoms with Gasteiger partial charge in [-0.2, -0.15) is 0 Å². The largest absolute Gasteiger partial charge is 0.391 e. The van der Waals surface area contributed by atoms with Crippen LogP contribution in [0.3, 0.4) is 0 Å². The van der Waals surface area contributed by atoms with E-state index >= 15 is 0 Å². The number of rotatable bonds is 4. The molecule has 1 aliphatic heterocycles. The van der Waals surface area contributed by atoms with Gasteiger partial charge in [0, 0.05) is 25.6 Å². The number of benzene rings is 1. The van der Waals surface area contributed by atoms with Crippen LogP contribution in [0.4, 0.5) is 10.1 Å². The van der Waals surface area contributed by atoms with Gasteiger partial charge in [0.25, 0.3) is 11.6 Å². The number of amides is 1. The second kappa shape index (κ2) is 7.82. The Labute approximate surface area is 140 Å². The fourth-order valence-electron chi connectivity index (χ4n) is 2.12. The fraction of sp³-hybridized carbons (Fsp3) is 0.417. The van der Waals surface area contributed by atoms with Crippen LogP contribution < -0.4 is 10.6 Å². The smallest absolute Gasteiger partial charge is 0.287 e. The normalized spacial score (nSPS) is 20.3. The standard InChI is InChI=1S/C12H13BrFN3O4.ClH/c13-11-8(1-7(14)2-9(11)17(20)21)12(19)16-4-6-3-15-5-10(6)18;/h1-2,6,10,15,18H,3-5H2,(H,16,19);1H. The quantitative estimate of drug-likeness (QED) is 0.523. The lowest BCUT2D eigenvalue weighted by Crippen LogP contribution is -2.34. The topological polar surface area (TPSA) is 104 Å². The van der Waals surface area contributed by atoms with Gasteiger partial charge in [-0.15, -0.1) is 12.4 Å². The molecular weight excluding hydrogens is 385 g/mol. The zero-order valence-electron chi connectivity index (χ0n) is 11.2. The molecule has 3 N–H and O–H groups in total. The van der Waals surface area contributed by atoms with Crippen molar-refractivity contribution in [3.8, 4) is 0 Å². The summed E-state index contributed by atoms with van der Waals surface area (Å²) in [5.41, 5.74) is -0.662. The molecular formula is C12H14BrClFN3O4. The first-order chi connectivity index (χ1) is 9.90. The van der Waals surface area contributed by atoms with E-state index in [1.54, 1.807) is 0 Å². The number of aliphatic hydroxyl groups is 1. The average Bonchev–Trinajstić information content (AvgIpc) is 2.83. The maximum absolute atomic E-state index is 13.4. The van der Waals surface area contributed by atoms with E-state index in [9.17, 15) is 24.4 Å². The fourth-order valence-corrected chi connectivity index (χ4v) is 2.67. The molecule has 0 bridgehead atoms. The predicted molar refractivity (Wildman–Crippen MR) is 82.7 cm³/mol. The van der Waals surface area contributed by atoms with Gasteiger partial charge in [0.2, 0.25) is 0 Å². The van der Waals surface area contributed by atoms with E-state index in [0.29, 0.717) is 13.1 Å². The monoisotopic (exact) mass is 397 g/mol. The number of aliphatic hydroxyl groups excluding tert-OH is 1. The maximum atomic E-state index is 13.4. The third kappa shape index (κ3) is 4.13. The molecule has 2 rings (SSSR count). The van der Waals surface area contributed by atoms with Crippen molar-refractivity contribution in [2.24, 2.45) is 5.92 Å². The van der Waals surface area contributed by atoms with Gasteiger partial charge in [-0.1, -0.05) is 0 Å². The minimum atomic E-state index is -0.863. The highest BCUT2D eigenvalue weighted by molar-refractivity contribution is 9.10. The molecule has 1 aromatic rings. The summed E-state index contributed by atoms with van der Waals surface area (Å²) in [5.74, 6) is -1.64. The van der Waals surface area contributed by atoms with Crippen LogP contribution in [-0.4, -0.2) is 41.7 Å². The van der Waals surface area contributed by atoms with Gasteiger partial charge in [-0.25, -0.2) is 4.39 Å². The van der Waals surface area contributed by atoms with Crippen molar-refractivity contribution in [1.82, 2.24) is 10.6 Å². The Balaban J connectivity index is 0.00000242. The number of nitro benzene ring substituents is 1. The van der Waals surface area contributed by atoms with Crippen LogP contribution in [0.1, 0.15) is 10.4 Å². The molecule has 0 spiro atoms. The lowest BCUT2D eigenvalue weighted by Gasteiger charge is -2.14. The van der Waals surface area contributed by atoms with Gasteiger partial charge in [-0.3, -0.25) is 14.9 Å². The third-order valence-electron chi connectivity index (χ3n) is 3.29. The van der Waals surface area contributed by atoms with Gasteiger partial charge in [0.15, 0.2) is 0 Å². The van der Waals surface area contributed by atoms with E-state index in [1.807, 2.05) is 0 Å². The summed E-state index contributed by atoms with van der Waals surface area (Å²) in [6.45, 7) is 1.21. The molecule has 1 amide bonds. The molecule has 0 radical (unpaired) electrons. The molecule has 10 heteroatoms. The molecule has 1 fully saturated rings. The second-order valence-corrected chi connectivity index (χ2v) is 5.53. The summed E-state index contributed by atoms with van der Waals surface area (Å²) < 4.78 is 13.3. The van der Waals surface area contributed by atoms with E-state index in [2.05, 4.69) is 26.6 Å². The van der Waals surface area contributed by atoms with Crippen LogP contribution in [0.5, 0.6) is 0 Å². The van der Waals surface area contributed by atoms with Gasteiger partial charge in [0.1, 0.15) is 10.3 Å². The molecule has 0 aromatic heterocycles. The molecule has 1 aliphatic rings. The van der Waals surface area contributed by atoms with Gasteiger partial charge in [0.05, 0.1) is 22.7 Å². The molecule has 2 unspecified atom stereocenters. The summed E-state index contributed by atoms with van der Waals surface area (Å²) in [7, 11) is 0. The van der Waals surface area contributed by atoms with Crippen molar-refractivity contribution in [1.29, 1.82) is 0 Å². The highest BCUT2D eigenvalue weighted by Gasteiger charge is 2.27. The van der Waals surface area contributed by atoms with Gasteiger partial charge in [-0.05, 0) is 22.0 Å². The minimum Gasteiger partial charge on any atom is -0.391 e. The van der Waals surface area contributed by atoms with Crippen molar-refractivity contribution < 1.29 is 19.2 Å². The Morgan fingerprint density at radius 1 is 1.55 bits per heavy atom. The number of nitro groups is 1. The first kappa shape index (κ1) is 18.8. The molecule has 1 heterocycles. The van der Waals surface area contributed by atoms with E-state index in [1.165, 1.54) is 0 Å². The van der Waals surface area contributed by atoms with E-state index in [0.717, 1.165) is 12.1 Å². The highest BCUT2D eigenvalue weighted by atomic mass is 79.9. The SMILES string of the molecule is Cl.O=C(NCC1CNCC1O)c1cc(F)cc([N+](=O)[O-])c1Br. The first-order valence-corrected chi connectivity index (χ1v) is 7.00. The third-order valence-corrected chi connectivity index (χ3v) is 4.12. The number of halogens is 3. The molecule has 22 heavy (non-hydrogen) atoms. The first-order valence-electron chi connectivity index (χ1n) is 6.20. The van der Waals surface area contributed by atoms with Crippen LogP contribution in [0.2, 0.25) is 0 Å². The van der Waals surface area contributed by atoms with Crippen molar-refractivity contribution in [3.05, 3.63) is 38.1 Å². The van der Waals surface area contributed by atoms with Crippen molar-refractivity contribution >= 4 is 39.9 Å². The number of carbonyl (C=O) groups excluding carboxylic acids is 1. The summed E-state index contributed by atoms with van der Waals surface area (Å²) >= 11 is 2.95. The number of hydrogen-bond acceptors (Lipinski definition) is 5. The molecule has 1 aromatic carbocycles. The van der Waals surface area contributed by atoms with Gasteiger partial charge >= 0.3 is 0 Å². The number of nitrogens with zero attached hydrogens (tertiary/aromatic N) is 1. The van der Waals surface area contributed by atoms with E-state index in [4.69, 9.17) is 0 Å². The maximum Gasteiger partial charge on any atom is 0.287 e. The lowest BCUT2D eigenvalue weighted by atomic mass is 10.1. The summed E-state index contributed by atoms with van der Waals surface area (Å²) in [5, 5.41) is 25.9. The Morgan fingerprint density at radius 2 is 2.23 bits per heavy atom. The van der Waals surface area contributed by atoms with E-state index in [-0.39, 0.29) is 34.9 Å². The number of carbonyl (C=O) groups is 1. The lowest BCUT2D eigenvalue weighted by molar-refractivity contribution is -0.385.